The van der Waals surface area contributed by atoms with Crippen molar-refractivity contribution in [3.8, 4) is 6.07 Å². The second kappa shape index (κ2) is 5.74. The van der Waals surface area contributed by atoms with Crippen molar-refractivity contribution in [1.29, 1.82) is 5.26 Å². The van der Waals surface area contributed by atoms with Crippen LogP contribution in [-0.2, 0) is 11.3 Å². The van der Waals surface area contributed by atoms with E-state index in [1.54, 1.807) is 6.07 Å². The highest BCUT2D eigenvalue weighted by Crippen LogP contribution is 2.19. The first-order valence-electron chi connectivity index (χ1n) is 6.87. The molecule has 0 saturated heterocycles. The van der Waals surface area contributed by atoms with Crippen molar-refractivity contribution in [2.45, 2.75) is 6.54 Å². The van der Waals surface area contributed by atoms with Crippen LogP contribution in [0.4, 0.5) is 0 Å². The van der Waals surface area contributed by atoms with Gasteiger partial charge in [-0.05, 0) is 42.0 Å². The number of rotatable bonds is 3. The predicted octanol–water partition coefficient (Wildman–Crippen LogP) is 3.35. The van der Waals surface area contributed by atoms with E-state index < -0.39 is 0 Å². The number of ether oxygens (including phenoxy) is 1. The van der Waals surface area contributed by atoms with Crippen molar-refractivity contribution in [2.24, 2.45) is 0 Å². The Hall–Kier alpha value is -3.06. The van der Waals surface area contributed by atoms with Crippen molar-refractivity contribution in [3.63, 3.8) is 0 Å². The Morgan fingerprint density at radius 2 is 1.95 bits per heavy atom. The molecule has 0 aliphatic rings. The Morgan fingerprint density at radius 1 is 1.18 bits per heavy atom. The highest BCUT2D eigenvalue weighted by molar-refractivity contribution is 5.94. The molecule has 1 aromatic heterocycles. The molecule has 0 bridgehead atoms. The van der Waals surface area contributed by atoms with E-state index in [1.807, 2.05) is 48.7 Å². The molecular formula is C18H14N2O2. The highest BCUT2D eigenvalue weighted by atomic mass is 16.5. The quantitative estimate of drug-likeness (QED) is 0.695. The van der Waals surface area contributed by atoms with Gasteiger partial charge in [0, 0.05) is 23.6 Å². The lowest BCUT2D eigenvalue weighted by molar-refractivity contribution is 0.0601. The van der Waals surface area contributed by atoms with E-state index in [1.165, 1.54) is 7.11 Å². The van der Waals surface area contributed by atoms with Crippen LogP contribution in [0.3, 0.4) is 0 Å². The number of fused-ring (bicyclic) bond motifs is 1. The molecule has 0 unspecified atom stereocenters. The van der Waals surface area contributed by atoms with Gasteiger partial charge in [0.15, 0.2) is 0 Å². The number of hydrogen-bond acceptors (Lipinski definition) is 3. The molecule has 0 fully saturated rings. The summed E-state index contributed by atoms with van der Waals surface area (Å²) in [5.41, 5.74) is 3.38. The first-order valence-corrected chi connectivity index (χ1v) is 6.87. The maximum Gasteiger partial charge on any atom is 0.337 e. The van der Waals surface area contributed by atoms with E-state index in [9.17, 15) is 4.79 Å². The Labute approximate surface area is 128 Å². The fraction of sp³-hybridized carbons (Fsp3) is 0.111. The third-order valence-electron chi connectivity index (χ3n) is 3.63. The van der Waals surface area contributed by atoms with Crippen molar-refractivity contribution < 1.29 is 9.53 Å². The minimum atomic E-state index is -0.332. The van der Waals surface area contributed by atoms with Crippen molar-refractivity contribution in [1.82, 2.24) is 4.57 Å². The van der Waals surface area contributed by atoms with Crippen LogP contribution in [0.25, 0.3) is 10.9 Å². The third-order valence-corrected chi connectivity index (χ3v) is 3.63. The molecule has 0 spiro atoms. The zero-order chi connectivity index (χ0) is 15.5. The summed E-state index contributed by atoms with van der Waals surface area (Å²) in [6.45, 7) is 0.715. The van der Waals surface area contributed by atoms with Gasteiger partial charge < -0.3 is 9.30 Å². The van der Waals surface area contributed by atoms with Crippen molar-refractivity contribution >= 4 is 16.9 Å². The van der Waals surface area contributed by atoms with Gasteiger partial charge in [-0.1, -0.05) is 12.1 Å². The lowest BCUT2D eigenvalue weighted by Gasteiger charge is -2.06. The fourth-order valence-corrected chi connectivity index (χ4v) is 2.46. The standard InChI is InChI=1S/C18H14N2O2/c1-22-18(21)16-6-7-17-15(10-16)8-9-20(17)12-14-4-2-13(11-19)3-5-14/h2-10H,12H2,1H3. The zero-order valence-electron chi connectivity index (χ0n) is 12.1. The van der Waals surface area contributed by atoms with Crippen LogP contribution in [0.1, 0.15) is 21.5 Å². The third kappa shape index (κ3) is 2.57. The number of esters is 1. The molecule has 1 heterocycles. The molecule has 0 aliphatic carbocycles. The number of aromatic nitrogens is 1. The second-order valence-electron chi connectivity index (χ2n) is 5.02. The summed E-state index contributed by atoms with van der Waals surface area (Å²) < 4.78 is 6.85. The van der Waals surface area contributed by atoms with E-state index in [-0.39, 0.29) is 5.97 Å². The summed E-state index contributed by atoms with van der Waals surface area (Å²) in [4.78, 5) is 11.6. The largest absolute Gasteiger partial charge is 0.465 e. The van der Waals surface area contributed by atoms with E-state index >= 15 is 0 Å². The van der Waals surface area contributed by atoms with Gasteiger partial charge in [-0.3, -0.25) is 0 Å². The molecule has 0 amide bonds. The Kier molecular flexibility index (Phi) is 3.63. The molecule has 4 nitrogen and oxygen atoms in total. The molecule has 0 atom stereocenters. The van der Waals surface area contributed by atoms with Crippen LogP contribution in [0.15, 0.2) is 54.7 Å². The van der Waals surface area contributed by atoms with Crippen molar-refractivity contribution in [2.75, 3.05) is 7.11 Å². The molecule has 3 rings (SSSR count). The molecular weight excluding hydrogens is 276 g/mol. The minimum Gasteiger partial charge on any atom is -0.465 e. The topological polar surface area (TPSA) is 55.0 Å². The monoisotopic (exact) mass is 290 g/mol. The summed E-state index contributed by atoms with van der Waals surface area (Å²) in [7, 11) is 1.38. The van der Waals surface area contributed by atoms with Gasteiger partial charge in [-0.15, -0.1) is 0 Å². The lowest BCUT2D eigenvalue weighted by Crippen LogP contribution is -2.01. The average molecular weight is 290 g/mol. The number of carbonyl (C=O) groups excluding carboxylic acids is 1. The first kappa shape index (κ1) is 13.9. The molecule has 22 heavy (non-hydrogen) atoms. The molecule has 3 aromatic rings. The van der Waals surface area contributed by atoms with Crippen LogP contribution >= 0.6 is 0 Å². The van der Waals surface area contributed by atoms with Gasteiger partial charge in [0.25, 0.3) is 0 Å². The molecule has 0 aliphatic heterocycles. The number of methoxy groups -OCH3 is 1. The summed E-state index contributed by atoms with van der Waals surface area (Å²) >= 11 is 0. The Balaban J connectivity index is 1.91. The Morgan fingerprint density at radius 3 is 2.64 bits per heavy atom. The van der Waals surface area contributed by atoms with Gasteiger partial charge in [0.1, 0.15) is 0 Å². The SMILES string of the molecule is COC(=O)c1ccc2c(ccn2Cc2ccc(C#N)cc2)c1. The average Bonchev–Trinajstić information content (AvgIpc) is 2.97. The number of carbonyl (C=O) groups is 1. The first-order chi connectivity index (χ1) is 10.7. The zero-order valence-corrected chi connectivity index (χ0v) is 12.1. The van der Waals surface area contributed by atoms with Crippen LogP contribution in [0, 0.1) is 11.3 Å². The van der Waals surface area contributed by atoms with Gasteiger partial charge in [0.2, 0.25) is 0 Å². The fourth-order valence-electron chi connectivity index (χ4n) is 2.46. The number of benzene rings is 2. The summed E-state index contributed by atoms with van der Waals surface area (Å²) in [5.74, 6) is -0.332. The van der Waals surface area contributed by atoms with Crippen molar-refractivity contribution in [3.05, 3.63) is 71.4 Å². The molecule has 2 aromatic carbocycles. The smallest absolute Gasteiger partial charge is 0.337 e. The van der Waals surface area contributed by atoms with Crippen LogP contribution in [0.2, 0.25) is 0 Å². The maximum absolute atomic E-state index is 11.6. The maximum atomic E-state index is 11.6. The summed E-state index contributed by atoms with van der Waals surface area (Å²) in [6.07, 6.45) is 1.99. The summed E-state index contributed by atoms with van der Waals surface area (Å²) in [6, 6.07) is 17.1. The normalized spacial score (nSPS) is 10.4. The van der Waals surface area contributed by atoms with Crippen LogP contribution in [-0.4, -0.2) is 17.6 Å². The van der Waals surface area contributed by atoms with E-state index in [4.69, 9.17) is 10.00 Å². The van der Waals surface area contributed by atoms with Gasteiger partial charge in [-0.25, -0.2) is 4.79 Å². The van der Waals surface area contributed by atoms with Crippen LogP contribution < -0.4 is 0 Å². The minimum absolute atomic E-state index is 0.332. The predicted molar refractivity (Wildman–Crippen MR) is 83.5 cm³/mol. The van der Waals surface area contributed by atoms with E-state index in [0.717, 1.165) is 16.5 Å². The second-order valence-corrected chi connectivity index (χ2v) is 5.02. The van der Waals surface area contributed by atoms with Gasteiger partial charge >= 0.3 is 5.97 Å². The Bertz CT molecular complexity index is 870. The highest BCUT2D eigenvalue weighted by Gasteiger charge is 2.08. The number of nitriles is 1. The van der Waals surface area contributed by atoms with E-state index in [2.05, 4.69) is 10.6 Å². The number of nitrogens with zero attached hydrogens (tertiary/aromatic N) is 2. The molecule has 0 radical (unpaired) electrons. The van der Waals surface area contributed by atoms with Crippen LogP contribution in [0.5, 0.6) is 0 Å². The van der Waals surface area contributed by atoms with E-state index in [0.29, 0.717) is 17.7 Å². The molecule has 108 valence electrons. The summed E-state index contributed by atoms with van der Waals surface area (Å²) in [5, 5.41) is 9.82. The number of hydrogen-bond donors (Lipinski definition) is 0. The lowest BCUT2D eigenvalue weighted by atomic mass is 10.1. The molecule has 0 N–H and O–H groups in total. The molecule has 0 saturated carbocycles. The molecule has 4 heteroatoms. The van der Waals surface area contributed by atoms with Gasteiger partial charge in [0.05, 0.1) is 24.3 Å². The van der Waals surface area contributed by atoms with Gasteiger partial charge in [-0.2, -0.15) is 5.26 Å².